The van der Waals surface area contributed by atoms with Gasteiger partial charge in [-0.05, 0) is 18.0 Å². The molecule has 1 aromatic rings. The molecule has 32 heavy (non-hydrogen) atoms. The molecule has 0 heterocycles. The summed E-state index contributed by atoms with van der Waals surface area (Å²) >= 11 is 0. The third kappa shape index (κ3) is 8.61. The first-order valence-corrected chi connectivity index (χ1v) is 11.1. The molecule has 1 aromatic carbocycles. The van der Waals surface area contributed by atoms with Gasteiger partial charge in [0.2, 0.25) is 11.8 Å². The van der Waals surface area contributed by atoms with Crippen LogP contribution in [0.5, 0.6) is 0 Å². The normalized spacial score (nSPS) is 13.2. The second kappa shape index (κ2) is 13.2. The average Bonchev–Trinajstić information content (AvgIpc) is 2.72. The van der Waals surface area contributed by atoms with Gasteiger partial charge in [0.1, 0.15) is 12.6 Å². The van der Waals surface area contributed by atoms with E-state index < -0.39 is 28.9 Å². The van der Waals surface area contributed by atoms with Crippen LogP contribution in [0.25, 0.3) is 0 Å². The molecule has 0 bridgehead atoms. The summed E-state index contributed by atoms with van der Waals surface area (Å²) in [7, 11) is 4.52. The van der Waals surface area contributed by atoms with E-state index in [0.717, 1.165) is 5.56 Å². The third-order valence-corrected chi connectivity index (χ3v) is 5.16. The number of esters is 1. The Labute approximate surface area is 194 Å². The molecule has 0 aromatic heterocycles. The van der Waals surface area contributed by atoms with Gasteiger partial charge in [0, 0.05) is 12.5 Å². The van der Waals surface area contributed by atoms with Crippen molar-refractivity contribution in [1.82, 2.24) is 15.5 Å². The van der Waals surface area contributed by atoms with Gasteiger partial charge >= 0.3 is 5.97 Å². The Hall–Kier alpha value is -2.41. The summed E-state index contributed by atoms with van der Waals surface area (Å²) in [4.78, 5) is 39.0. The molecular formula is C25H43N3O4. The van der Waals surface area contributed by atoms with E-state index in [2.05, 4.69) is 29.2 Å². The molecule has 0 saturated carbocycles. The number of likely N-dealkylation sites (N-methyl/N-ethyl adjacent to an activating group) is 2. The predicted molar refractivity (Wildman–Crippen MR) is 129 cm³/mol. The van der Waals surface area contributed by atoms with Crippen LogP contribution >= 0.6 is 0 Å². The predicted octanol–water partition coefficient (Wildman–Crippen LogP) is 3.13. The molecule has 7 nitrogen and oxygen atoms in total. The minimum Gasteiger partial charge on any atom is -0.468 e. The molecule has 0 aliphatic heterocycles. The maximum Gasteiger partial charge on any atom is 0.325 e. The number of carbonyl (C=O) groups excluding carboxylic acids is 3. The number of hydrogen-bond donors (Lipinski definition) is 2. The van der Waals surface area contributed by atoms with Crippen LogP contribution in [0.4, 0.5) is 0 Å². The zero-order valence-corrected chi connectivity index (χ0v) is 21.5. The number of methoxy groups -OCH3 is 1. The Kier molecular flexibility index (Phi) is 12.2. The zero-order chi connectivity index (χ0) is 25.1. The molecule has 2 N–H and O–H groups in total. The van der Waals surface area contributed by atoms with Crippen molar-refractivity contribution in [3.63, 3.8) is 0 Å². The van der Waals surface area contributed by atoms with Gasteiger partial charge in [-0.2, -0.15) is 0 Å². The van der Waals surface area contributed by atoms with Crippen molar-refractivity contribution in [3.05, 3.63) is 35.9 Å². The number of hydrogen-bond acceptors (Lipinski definition) is 5. The van der Waals surface area contributed by atoms with Crippen molar-refractivity contribution >= 4 is 17.8 Å². The van der Waals surface area contributed by atoms with E-state index in [1.54, 1.807) is 7.05 Å². The molecule has 182 valence electrons. The number of nitrogens with one attached hydrogen (secondary N) is 2. The molecule has 7 heteroatoms. The lowest BCUT2D eigenvalue weighted by atomic mass is 9.76. The average molecular weight is 450 g/mol. The van der Waals surface area contributed by atoms with Crippen molar-refractivity contribution < 1.29 is 19.1 Å². The number of benzene rings is 1. The minimum absolute atomic E-state index is 0.178. The van der Waals surface area contributed by atoms with E-state index in [4.69, 9.17) is 0 Å². The van der Waals surface area contributed by atoms with Crippen molar-refractivity contribution in [2.75, 3.05) is 27.7 Å². The van der Waals surface area contributed by atoms with Crippen molar-refractivity contribution in [3.8, 4) is 0 Å². The van der Waals surface area contributed by atoms with E-state index in [-0.39, 0.29) is 18.4 Å². The lowest BCUT2D eigenvalue weighted by Gasteiger charge is -2.38. The van der Waals surface area contributed by atoms with Crippen LogP contribution in [0.15, 0.2) is 30.3 Å². The Morgan fingerprint density at radius 1 is 1.00 bits per heavy atom. The molecule has 0 aliphatic rings. The third-order valence-electron chi connectivity index (χ3n) is 5.16. The number of carbonyl (C=O) groups is 3. The van der Waals surface area contributed by atoms with Gasteiger partial charge in [-0.25, -0.2) is 0 Å². The SMILES string of the molecule is CCC.CNC(C(=O)NC(C(=O)N(C)CC(=O)OC)C(C)(C)C)C(C)(C)c1ccccc1. The standard InChI is InChI=1S/C22H35N3O4.C3H8/c1-21(2,3)18(20(28)25(7)14-16(26)29-8)24-19(27)17(23-6)22(4,5)15-12-10-9-11-13-15;1-3-2/h9-13,17-18,23H,14H2,1-8H3,(H,24,27);3H2,1-2H3. The summed E-state index contributed by atoms with van der Waals surface area (Å²) in [6, 6.07) is 8.40. The highest BCUT2D eigenvalue weighted by Gasteiger charge is 2.40. The molecule has 0 saturated heterocycles. The van der Waals surface area contributed by atoms with Crippen LogP contribution in [0.2, 0.25) is 0 Å². The molecule has 1 rings (SSSR count). The smallest absolute Gasteiger partial charge is 0.325 e. The molecule has 0 aliphatic carbocycles. The largest absolute Gasteiger partial charge is 0.468 e. The van der Waals surface area contributed by atoms with Crippen molar-refractivity contribution in [2.45, 2.75) is 72.4 Å². The Balaban J connectivity index is 0.00000302. The fourth-order valence-electron chi connectivity index (χ4n) is 3.28. The summed E-state index contributed by atoms with van der Waals surface area (Å²) in [5.74, 6) is -1.14. The van der Waals surface area contributed by atoms with Gasteiger partial charge in [-0.3, -0.25) is 14.4 Å². The summed E-state index contributed by atoms with van der Waals surface area (Å²) in [5, 5.41) is 6.01. The van der Waals surface area contributed by atoms with E-state index in [9.17, 15) is 14.4 Å². The van der Waals surface area contributed by atoms with Gasteiger partial charge in [-0.15, -0.1) is 0 Å². The lowest BCUT2D eigenvalue weighted by Crippen LogP contribution is -2.61. The molecular weight excluding hydrogens is 406 g/mol. The van der Waals surface area contributed by atoms with E-state index in [0.29, 0.717) is 0 Å². The highest BCUT2D eigenvalue weighted by molar-refractivity contribution is 5.92. The second-order valence-corrected chi connectivity index (χ2v) is 9.59. The summed E-state index contributed by atoms with van der Waals surface area (Å²) in [6.07, 6.45) is 1.25. The Bertz CT molecular complexity index is 726. The first-order valence-electron chi connectivity index (χ1n) is 11.1. The van der Waals surface area contributed by atoms with E-state index in [1.807, 2.05) is 65.0 Å². The zero-order valence-electron chi connectivity index (χ0n) is 21.5. The summed E-state index contributed by atoms with van der Waals surface area (Å²) in [5.41, 5.74) is -0.0496. The van der Waals surface area contributed by atoms with E-state index in [1.165, 1.54) is 25.5 Å². The highest BCUT2D eigenvalue weighted by atomic mass is 16.5. The summed E-state index contributed by atoms with van der Waals surface area (Å²) in [6.45, 7) is 13.7. The topological polar surface area (TPSA) is 87.7 Å². The summed E-state index contributed by atoms with van der Waals surface area (Å²) < 4.78 is 4.64. The Morgan fingerprint density at radius 3 is 1.91 bits per heavy atom. The van der Waals surface area contributed by atoms with Crippen LogP contribution in [-0.2, 0) is 24.5 Å². The van der Waals surface area contributed by atoms with Crippen molar-refractivity contribution in [1.29, 1.82) is 0 Å². The van der Waals surface area contributed by atoms with Gasteiger partial charge in [0.25, 0.3) is 0 Å². The van der Waals surface area contributed by atoms with E-state index >= 15 is 0 Å². The van der Waals surface area contributed by atoms with Gasteiger partial charge in [0.15, 0.2) is 0 Å². The highest BCUT2D eigenvalue weighted by Crippen LogP contribution is 2.28. The number of ether oxygens (including phenoxy) is 1. The quantitative estimate of drug-likeness (QED) is 0.596. The maximum absolute atomic E-state index is 13.2. The minimum atomic E-state index is -0.799. The number of nitrogens with zero attached hydrogens (tertiary/aromatic N) is 1. The lowest BCUT2D eigenvalue weighted by molar-refractivity contribution is -0.148. The number of amides is 2. The molecule has 2 amide bonds. The first-order chi connectivity index (χ1) is 14.8. The molecule has 0 spiro atoms. The van der Waals surface area contributed by atoms with Gasteiger partial charge in [-0.1, -0.05) is 85.2 Å². The van der Waals surface area contributed by atoms with Gasteiger partial charge < -0.3 is 20.3 Å². The maximum atomic E-state index is 13.2. The number of rotatable bonds is 8. The first kappa shape index (κ1) is 29.6. The fraction of sp³-hybridized carbons (Fsp3) is 0.640. The van der Waals surface area contributed by atoms with Crippen molar-refractivity contribution in [2.24, 2.45) is 5.41 Å². The molecule has 0 fully saturated rings. The van der Waals surface area contributed by atoms with Crippen LogP contribution in [0.3, 0.4) is 0 Å². The molecule has 0 radical (unpaired) electrons. The van der Waals surface area contributed by atoms with Crippen LogP contribution in [0.1, 0.15) is 60.5 Å². The fourth-order valence-corrected chi connectivity index (χ4v) is 3.28. The van der Waals surface area contributed by atoms with Crippen LogP contribution in [-0.4, -0.2) is 62.5 Å². The molecule has 2 unspecified atom stereocenters. The van der Waals surface area contributed by atoms with Gasteiger partial charge in [0.05, 0.1) is 13.2 Å². The monoisotopic (exact) mass is 449 g/mol. The second-order valence-electron chi connectivity index (χ2n) is 9.59. The molecule has 2 atom stereocenters. The van der Waals surface area contributed by atoms with Crippen LogP contribution < -0.4 is 10.6 Å². The Morgan fingerprint density at radius 2 is 1.50 bits per heavy atom. The van der Waals surface area contributed by atoms with Crippen LogP contribution in [0, 0.1) is 5.41 Å².